The van der Waals surface area contributed by atoms with Crippen LogP contribution >= 0.6 is 0 Å². The van der Waals surface area contributed by atoms with Gasteiger partial charge in [-0.25, -0.2) is 0 Å². The van der Waals surface area contributed by atoms with Crippen LogP contribution in [0.1, 0.15) is 52.4 Å². The van der Waals surface area contributed by atoms with Crippen LogP contribution in [0.5, 0.6) is 0 Å². The maximum atomic E-state index is 9.35. The van der Waals surface area contributed by atoms with Crippen LogP contribution in [0.25, 0.3) is 0 Å². The van der Waals surface area contributed by atoms with Gasteiger partial charge < -0.3 is 10.4 Å². The molecule has 0 bridgehead atoms. The van der Waals surface area contributed by atoms with Gasteiger partial charge in [-0.15, -0.1) is 0 Å². The molecule has 2 N–H and O–H groups in total. The van der Waals surface area contributed by atoms with Crippen LogP contribution in [0.15, 0.2) is 0 Å². The van der Waals surface area contributed by atoms with Gasteiger partial charge in [-0.05, 0) is 37.6 Å². The van der Waals surface area contributed by atoms with Crippen LogP contribution in [-0.2, 0) is 0 Å². The van der Waals surface area contributed by atoms with E-state index in [1.165, 1.54) is 45.1 Å². The number of nitrogens with one attached hydrogen (secondary N) is 1. The third-order valence-corrected chi connectivity index (χ3v) is 4.90. The lowest BCUT2D eigenvalue weighted by molar-refractivity contribution is 0.0321. The Morgan fingerprint density at radius 2 is 2.06 bits per heavy atom. The molecule has 2 atom stereocenters. The van der Waals surface area contributed by atoms with Gasteiger partial charge in [0.05, 0.1) is 6.61 Å². The van der Waals surface area contributed by atoms with Crippen molar-refractivity contribution in [2.75, 3.05) is 26.2 Å². The summed E-state index contributed by atoms with van der Waals surface area (Å²) in [5.74, 6) is 0. The molecule has 0 amide bonds. The van der Waals surface area contributed by atoms with Crippen molar-refractivity contribution in [3.8, 4) is 0 Å². The standard InChI is InChI=1S/C15H30N2O/c1-15(2)8-4-3-7-14(15)17(10-11-18)12-13-6-5-9-16-13/h13-14,16,18H,3-12H2,1-2H3. The second kappa shape index (κ2) is 6.36. The Bertz CT molecular complexity index is 249. The number of aliphatic hydroxyl groups is 1. The molecule has 1 saturated heterocycles. The van der Waals surface area contributed by atoms with Crippen molar-refractivity contribution >= 4 is 0 Å². The smallest absolute Gasteiger partial charge is 0.0558 e. The Balaban J connectivity index is 1.98. The Morgan fingerprint density at radius 1 is 1.22 bits per heavy atom. The van der Waals surface area contributed by atoms with Crippen LogP contribution in [0, 0.1) is 5.41 Å². The zero-order valence-corrected chi connectivity index (χ0v) is 12.1. The minimum Gasteiger partial charge on any atom is -0.395 e. The molecule has 1 aliphatic heterocycles. The van der Waals surface area contributed by atoms with Crippen molar-refractivity contribution in [3.63, 3.8) is 0 Å². The summed E-state index contributed by atoms with van der Waals surface area (Å²) in [5, 5.41) is 12.9. The molecule has 2 unspecified atom stereocenters. The molecule has 3 nitrogen and oxygen atoms in total. The van der Waals surface area contributed by atoms with E-state index in [1.54, 1.807) is 0 Å². The van der Waals surface area contributed by atoms with E-state index in [-0.39, 0.29) is 0 Å². The normalized spacial score (nSPS) is 32.0. The van der Waals surface area contributed by atoms with Crippen molar-refractivity contribution in [1.29, 1.82) is 0 Å². The van der Waals surface area contributed by atoms with Crippen LogP contribution in [0.3, 0.4) is 0 Å². The summed E-state index contributed by atoms with van der Waals surface area (Å²) >= 11 is 0. The first kappa shape index (κ1) is 14.3. The van der Waals surface area contributed by atoms with E-state index in [0.29, 0.717) is 24.1 Å². The first-order valence-electron chi connectivity index (χ1n) is 7.72. The van der Waals surface area contributed by atoms with Crippen LogP contribution in [-0.4, -0.2) is 48.3 Å². The first-order valence-corrected chi connectivity index (χ1v) is 7.72. The van der Waals surface area contributed by atoms with E-state index in [0.717, 1.165) is 13.1 Å². The first-order chi connectivity index (χ1) is 8.63. The van der Waals surface area contributed by atoms with Crippen molar-refractivity contribution in [2.24, 2.45) is 5.41 Å². The minimum atomic E-state index is 0.291. The fraction of sp³-hybridized carbons (Fsp3) is 1.00. The second-order valence-corrected chi connectivity index (χ2v) is 6.76. The topological polar surface area (TPSA) is 35.5 Å². The van der Waals surface area contributed by atoms with Crippen LogP contribution < -0.4 is 5.32 Å². The van der Waals surface area contributed by atoms with Gasteiger partial charge in [0.1, 0.15) is 0 Å². The van der Waals surface area contributed by atoms with Crippen LogP contribution in [0.4, 0.5) is 0 Å². The maximum absolute atomic E-state index is 9.35. The van der Waals surface area contributed by atoms with Gasteiger partial charge >= 0.3 is 0 Å². The molecule has 1 saturated carbocycles. The lowest BCUT2D eigenvalue weighted by Crippen LogP contribution is -2.51. The third kappa shape index (κ3) is 3.46. The summed E-state index contributed by atoms with van der Waals surface area (Å²) in [6, 6.07) is 1.30. The summed E-state index contributed by atoms with van der Waals surface area (Å²) in [5.41, 5.74) is 0.409. The largest absolute Gasteiger partial charge is 0.395 e. The average molecular weight is 254 g/mol. The molecule has 106 valence electrons. The molecule has 1 aliphatic carbocycles. The van der Waals surface area contributed by atoms with E-state index >= 15 is 0 Å². The fourth-order valence-electron chi connectivity index (χ4n) is 3.85. The molecular weight excluding hydrogens is 224 g/mol. The minimum absolute atomic E-state index is 0.291. The molecule has 18 heavy (non-hydrogen) atoms. The van der Waals surface area contributed by atoms with E-state index in [4.69, 9.17) is 0 Å². The lowest BCUT2D eigenvalue weighted by Gasteiger charge is -2.46. The highest BCUT2D eigenvalue weighted by molar-refractivity contribution is 4.91. The zero-order chi connectivity index (χ0) is 13.0. The van der Waals surface area contributed by atoms with Gasteiger partial charge in [-0.2, -0.15) is 0 Å². The highest BCUT2D eigenvalue weighted by Crippen LogP contribution is 2.38. The summed E-state index contributed by atoms with van der Waals surface area (Å²) in [6.07, 6.45) is 7.98. The molecule has 3 heteroatoms. The zero-order valence-electron chi connectivity index (χ0n) is 12.1. The predicted octanol–water partition coefficient (Wildman–Crippen LogP) is 2.00. The summed E-state index contributed by atoms with van der Waals surface area (Å²) in [6.45, 7) is 8.23. The van der Waals surface area contributed by atoms with Crippen molar-refractivity contribution in [3.05, 3.63) is 0 Å². The number of hydrogen-bond donors (Lipinski definition) is 2. The molecule has 2 fully saturated rings. The number of aliphatic hydroxyl groups excluding tert-OH is 1. The third-order valence-electron chi connectivity index (χ3n) is 4.90. The van der Waals surface area contributed by atoms with Gasteiger partial charge in [0.15, 0.2) is 0 Å². The number of rotatable bonds is 5. The van der Waals surface area contributed by atoms with Crippen molar-refractivity contribution in [2.45, 2.75) is 64.5 Å². The Morgan fingerprint density at radius 3 is 2.67 bits per heavy atom. The molecule has 1 heterocycles. The highest BCUT2D eigenvalue weighted by atomic mass is 16.3. The Labute approximate surface area is 112 Å². The maximum Gasteiger partial charge on any atom is 0.0558 e. The number of hydrogen-bond acceptors (Lipinski definition) is 3. The Kier molecular flexibility index (Phi) is 5.05. The molecular formula is C15H30N2O. The molecule has 0 aromatic rings. The fourth-order valence-corrected chi connectivity index (χ4v) is 3.85. The van der Waals surface area contributed by atoms with E-state index in [1.807, 2.05) is 0 Å². The van der Waals surface area contributed by atoms with E-state index < -0.39 is 0 Å². The summed E-state index contributed by atoms with van der Waals surface area (Å²) < 4.78 is 0. The highest BCUT2D eigenvalue weighted by Gasteiger charge is 2.36. The van der Waals surface area contributed by atoms with Crippen LogP contribution in [0.2, 0.25) is 0 Å². The lowest BCUT2D eigenvalue weighted by atomic mass is 9.72. The monoisotopic (exact) mass is 254 g/mol. The van der Waals surface area contributed by atoms with Gasteiger partial charge in [0.25, 0.3) is 0 Å². The van der Waals surface area contributed by atoms with Crippen molar-refractivity contribution in [1.82, 2.24) is 10.2 Å². The van der Waals surface area contributed by atoms with E-state index in [2.05, 4.69) is 24.1 Å². The summed E-state index contributed by atoms with van der Waals surface area (Å²) in [4.78, 5) is 2.56. The molecule has 0 radical (unpaired) electrons. The molecule has 0 aromatic carbocycles. The number of nitrogens with zero attached hydrogens (tertiary/aromatic N) is 1. The quantitative estimate of drug-likeness (QED) is 0.788. The van der Waals surface area contributed by atoms with Gasteiger partial charge in [-0.3, -0.25) is 4.90 Å². The predicted molar refractivity (Wildman–Crippen MR) is 75.7 cm³/mol. The van der Waals surface area contributed by atoms with E-state index in [9.17, 15) is 5.11 Å². The van der Waals surface area contributed by atoms with Gasteiger partial charge in [-0.1, -0.05) is 26.7 Å². The average Bonchev–Trinajstić information content (AvgIpc) is 2.81. The molecule has 0 spiro atoms. The molecule has 2 rings (SSSR count). The Hall–Kier alpha value is -0.120. The van der Waals surface area contributed by atoms with Crippen molar-refractivity contribution < 1.29 is 5.11 Å². The van der Waals surface area contributed by atoms with Gasteiger partial charge in [0, 0.05) is 25.2 Å². The molecule has 2 aliphatic rings. The second-order valence-electron chi connectivity index (χ2n) is 6.76. The van der Waals surface area contributed by atoms with Gasteiger partial charge in [0.2, 0.25) is 0 Å². The summed E-state index contributed by atoms with van der Waals surface area (Å²) in [7, 11) is 0. The SMILES string of the molecule is CC1(C)CCCCC1N(CCO)CC1CCCN1. The molecule has 0 aromatic heterocycles.